The normalized spacial score (nSPS) is 12.9. The second-order valence-corrected chi connectivity index (χ2v) is 2.58. The lowest BCUT2D eigenvalue weighted by Crippen LogP contribution is -2.19. The van der Waals surface area contributed by atoms with Crippen LogP contribution in [0.5, 0.6) is 0 Å². The molecule has 4 heteroatoms. The summed E-state index contributed by atoms with van der Waals surface area (Å²) in [6.45, 7) is 1.91. The van der Waals surface area contributed by atoms with Gasteiger partial charge in [0.15, 0.2) is 0 Å². The number of nitrogens with two attached hydrogens (primary N) is 2. The predicted molar refractivity (Wildman–Crippen MR) is 43.8 cm³/mol. The number of nitrogen functional groups attached to an aromatic ring is 1. The molecule has 1 atom stereocenters. The van der Waals surface area contributed by atoms with E-state index in [-0.39, 0.29) is 6.04 Å². The van der Waals surface area contributed by atoms with Crippen LogP contribution in [0.2, 0.25) is 0 Å². The van der Waals surface area contributed by atoms with Crippen molar-refractivity contribution in [3.8, 4) is 0 Å². The molecular weight excluding hydrogens is 140 g/mol. The van der Waals surface area contributed by atoms with Gasteiger partial charge in [-0.3, -0.25) is 0 Å². The van der Waals surface area contributed by atoms with Gasteiger partial charge in [0.2, 0.25) is 0 Å². The van der Waals surface area contributed by atoms with E-state index in [1.807, 2.05) is 6.92 Å². The molecule has 1 unspecified atom stereocenters. The minimum absolute atomic E-state index is 0.0804. The SMILES string of the molecule is CC(N)Cc1nccc(N)n1. The van der Waals surface area contributed by atoms with E-state index in [9.17, 15) is 0 Å². The van der Waals surface area contributed by atoms with Gasteiger partial charge in [-0.2, -0.15) is 0 Å². The molecule has 0 aliphatic carbocycles. The van der Waals surface area contributed by atoms with E-state index >= 15 is 0 Å². The minimum atomic E-state index is 0.0804. The summed E-state index contributed by atoms with van der Waals surface area (Å²) in [5.41, 5.74) is 11.0. The molecule has 1 rings (SSSR count). The number of anilines is 1. The van der Waals surface area contributed by atoms with Gasteiger partial charge in [-0.15, -0.1) is 0 Å². The zero-order chi connectivity index (χ0) is 8.27. The predicted octanol–water partition coefficient (Wildman–Crippen LogP) is -0.0515. The van der Waals surface area contributed by atoms with Gasteiger partial charge in [0, 0.05) is 18.7 Å². The Morgan fingerprint density at radius 3 is 2.91 bits per heavy atom. The second kappa shape index (κ2) is 3.30. The molecule has 0 amide bonds. The van der Waals surface area contributed by atoms with Gasteiger partial charge in [0.1, 0.15) is 11.6 Å². The molecule has 0 saturated carbocycles. The van der Waals surface area contributed by atoms with Gasteiger partial charge >= 0.3 is 0 Å². The Labute approximate surface area is 65.6 Å². The first-order chi connectivity index (χ1) is 5.18. The van der Waals surface area contributed by atoms with Crippen molar-refractivity contribution in [3.63, 3.8) is 0 Å². The van der Waals surface area contributed by atoms with Crippen molar-refractivity contribution in [3.05, 3.63) is 18.1 Å². The fraction of sp³-hybridized carbons (Fsp3) is 0.429. The van der Waals surface area contributed by atoms with Gasteiger partial charge in [-0.25, -0.2) is 9.97 Å². The first-order valence-corrected chi connectivity index (χ1v) is 3.51. The first kappa shape index (κ1) is 7.94. The smallest absolute Gasteiger partial charge is 0.132 e. The quantitative estimate of drug-likeness (QED) is 0.622. The summed E-state index contributed by atoms with van der Waals surface area (Å²) in [7, 11) is 0. The van der Waals surface area contributed by atoms with Crippen LogP contribution >= 0.6 is 0 Å². The molecule has 11 heavy (non-hydrogen) atoms. The molecule has 0 radical (unpaired) electrons. The van der Waals surface area contributed by atoms with E-state index in [1.165, 1.54) is 0 Å². The van der Waals surface area contributed by atoms with Crippen molar-refractivity contribution < 1.29 is 0 Å². The molecule has 0 aromatic carbocycles. The Kier molecular flexibility index (Phi) is 2.38. The summed E-state index contributed by atoms with van der Waals surface area (Å²) < 4.78 is 0. The highest BCUT2D eigenvalue weighted by atomic mass is 14.9. The molecule has 4 N–H and O–H groups in total. The van der Waals surface area contributed by atoms with Crippen LogP contribution in [0.25, 0.3) is 0 Å². The van der Waals surface area contributed by atoms with Crippen LogP contribution in [0.4, 0.5) is 5.82 Å². The van der Waals surface area contributed by atoms with Crippen molar-refractivity contribution in [2.75, 3.05) is 5.73 Å². The monoisotopic (exact) mass is 152 g/mol. The Bertz CT molecular complexity index is 234. The van der Waals surface area contributed by atoms with Crippen LogP contribution in [0, 0.1) is 0 Å². The van der Waals surface area contributed by atoms with Crippen LogP contribution in [0.1, 0.15) is 12.7 Å². The summed E-state index contributed by atoms with van der Waals surface area (Å²) in [6.07, 6.45) is 2.31. The zero-order valence-corrected chi connectivity index (χ0v) is 6.49. The topological polar surface area (TPSA) is 77.8 Å². The molecule has 0 bridgehead atoms. The fourth-order valence-corrected chi connectivity index (χ4v) is 0.801. The third-order valence-corrected chi connectivity index (χ3v) is 1.23. The zero-order valence-electron chi connectivity index (χ0n) is 6.49. The highest BCUT2D eigenvalue weighted by molar-refractivity contribution is 5.25. The van der Waals surface area contributed by atoms with Gasteiger partial charge < -0.3 is 11.5 Å². The molecule has 0 aliphatic rings. The maximum Gasteiger partial charge on any atom is 0.132 e. The average molecular weight is 152 g/mol. The standard InChI is InChI=1S/C7H12N4/c1-5(8)4-7-10-3-2-6(9)11-7/h2-3,5H,4,8H2,1H3,(H2,9,10,11). The number of hydrogen-bond acceptors (Lipinski definition) is 4. The highest BCUT2D eigenvalue weighted by Gasteiger charge is 1.99. The fourth-order valence-electron chi connectivity index (χ4n) is 0.801. The molecule has 0 spiro atoms. The number of nitrogens with zero attached hydrogens (tertiary/aromatic N) is 2. The van der Waals surface area contributed by atoms with Crippen molar-refractivity contribution in [2.45, 2.75) is 19.4 Å². The Morgan fingerprint density at radius 1 is 1.64 bits per heavy atom. The largest absolute Gasteiger partial charge is 0.384 e. The van der Waals surface area contributed by atoms with E-state index in [4.69, 9.17) is 11.5 Å². The van der Waals surface area contributed by atoms with Gasteiger partial charge in [-0.05, 0) is 13.0 Å². The lowest BCUT2D eigenvalue weighted by molar-refractivity contribution is 0.703. The Hall–Kier alpha value is -1.16. The van der Waals surface area contributed by atoms with Crippen LogP contribution in [0.15, 0.2) is 12.3 Å². The lowest BCUT2D eigenvalue weighted by Gasteiger charge is -2.02. The molecule has 4 nitrogen and oxygen atoms in total. The van der Waals surface area contributed by atoms with Crippen LogP contribution in [-0.4, -0.2) is 16.0 Å². The number of aromatic nitrogens is 2. The van der Waals surface area contributed by atoms with E-state index in [1.54, 1.807) is 12.3 Å². The maximum atomic E-state index is 5.55. The van der Waals surface area contributed by atoms with Crippen molar-refractivity contribution >= 4 is 5.82 Å². The van der Waals surface area contributed by atoms with Crippen molar-refractivity contribution in [2.24, 2.45) is 5.73 Å². The third kappa shape index (κ3) is 2.51. The van der Waals surface area contributed by atoms with E-state index in [2.05, 4.69) is 9.97 Å². The maximum absolute atomic E-state index is 5.55. The molecule has 0 saturated heterocycles. The third-order valence-electron chi connectivity index (χ3n) is 1.23. The first-order valence-electron chi connectivity index (χ1n) is 3.51. The second-order valence-electron chi connectivity index (χ2n) is 2.58. The Morgan fingerprint density at radius 2 is 2.36 bits per heavy atom. The van der Waals surface area contributed by atoms with E-state index < -0.39 is 0 Å². The molecule has 1 aromatic rings. The summed E-state index contributed by atoms with van der Waals surface area (Å²) in [5, 5.41) is 0. The average Bonchev–Trinajstić information content (AvgIpc) is 1.85. The van der Waals surface area contributed by atoms with Crippen LogP contribution < -0.4 is 11.5 Å². The molecule has 1 heterocycles. The summed E-state index contributed by atoms with van der Waals surface area (Å²) >= 11 is 0. The van der Waals surface area contributed by atoms with Crippen molar-refractivity contribution in [1.82, 2.24) is 9.97 Å². The van der Waals surface area contributed by atoms with E-state index in [0.29, 0.717) is 18.1 Å². The van der Waals surface area contributed by atoms with Crippen LogP contribution in [0.3, 0.4) is 0 Å². The molecule has 0 aliphatic heterocycles. The summed E-state index contributed by atoms with van der Waals surface area (Å²) in [5.74, 6) is 1.20. The van der Waals surface area contributed by atoms with Crippen LogP contribution in [-0.2, 0) is 6.42 Å². The number of hydrogen-bond donors (Lipinski definition) is 2. The number of rotatable bonds is 2. The molecule has 1 aromatic heterocycles. The molecule has 60 valence electrons. The van der Waals surface area contributed by atoms with Crippen molar-refractivity contribution in [1.29, 1.82) is 0 Å². The lowest BCUT2D eigenvalue weighted by atomic mass is 10.2. The highest BCUT2D eigenvalue weighted by Crippen LogP contribution is 1.97. The molecular formula is C7H12N4. The minimum Gasteiger partial charge on any atom is -0.384 e. The summed E-state index contributed by atoms with van der Waals surface area (Å²) in [6, 6.07) is 1.74. The van der Waals surface area contributed by atoms with Gasteiger partial charge in [0.25, 0.3) is 0 Å². The van der Waals surface area contributed by atoms with E-state index in [0.717, 1.165) is 0 Å². The summed E-state index contributed by atoms with van der Waals surface area (Å²) in [4.78, 5) is 8.01. The van der Waals surface area contributed by atoms with Gasteiger partial charge in [-0.1, -0.05) is 0 Å². The van der Waals surface area contributed by atoms with Gasteiger partial charge in [0.05, 0.1) is 0 Å². The molecule has 0 fully saturated rings. The Balaban J connectivity index is 2.71.